The van der Waals surface area contributed by atoms with E-state index in [-0.39, 0.29) is 6.10 Å². The molecule has 0 amide bonds. The molecule has 1 atom stereocenters. The van der Waals surface area contributed by atoms with Crippen LogP contribution in [0.1, 0.15) is 69.4 Å². The fourth-order valence-corrected chi connectivity index (χ4v) is 2.74. The molecule has 4 heteroatoms. The Bertz CT molecular complexity index is 457. The highest BCUT2D eigenvalue weighted by molar-refractivity contribution is 5.30. The second-order valence-electron chi connectivity index (χ2n) is 6.09. The van der Waals surface area contributed by atoms with Crippen molar-refractivity contribution < 1.29 is 4.74 Å². The van der Waals surface area contributed by atoms with Crippen LogP contribution < -0.4 is 5.32 Å². The Hall–Kier alpha value is -1.00. The summed E-state index contributed by atoms with van der Waals surface area (Å²) >= 11 is 0. The molecular weight excluding hydrogens is 250 g/mol. The number of rotatable bonds is 5. The molecule has 1 aromatic rings. The van der Waals surface area contributed by atoms with Crippen LogP contribution in [-0.4, -0.2) is 23.1 Å². The van der Waals surface area contributed by atoms with E-state index in [9.17, 15) is 0 Å². The summed E-state index contributed by atoms with van der Waals surface area (Å²) in [6.07, 6.45) is 0.985. The van der Waals surface area contributed by atoms with Gasteiger partial charge in [-0.05, 0) is 18.8 Å². The lowest BCUT2D eigenvalue weighted by atomic mass is 9.97. The summed E-state index contributed by atoms with van der Waals surface area (Å²) in [6.45, 7) is 13.4. The second-order valence-corrected chi connectivity index (χ2v) is 6.09. The molecule has 0 aliphatic carbocycles. The Balaban J connectivity index is 2.45. The van der Waals surface area contributed by atoms with E-state index in [2.05, 4.69) is 33.0 Å². The number of ether oxygens (including phenoxy) is 1. The van der Waals surface area contributed by atoms with E-state index in [0.29, 0.717) is 18.4 Å². The molecule has 1 aliphatic heterocycles. The van der Waals surface area contributed by atoms with Crippen molar-refractivity contribution >= 4 is 0 Å². The molecule has 0 bridgehead atoms. The number of hydrogen-bond acceptors (Lipinski definition) is 4. The SMILES string of the molecule is CCOC(c1nc2c(c(C(C)C)n1)CNCC2)C(C)C. The molecule has 1 aromatic heterocycles. The van der Waals surface area contributed by atoms with Crippen LogP contribution in [0.2, 0.25) is 0 Å². The van der Waals surface area contributed by atoms with Crippen LogP contribution in [0, 0.1) is 5.92 Å². The van der Waals surface area contributed by atoms with Gasteiger partial charge in [0.2, 0.25) is 0 Å². The fourth-order valence-electron chi connectivity index (χ4n) is 2.74. The lowest BCUT2D eigenvalue weighted by Crippen LogP contribution is -2.28. The predicted octanol–water partition coefficient (Wildman–Crippen LogP) is 2.98. The summed E-state index contributed by atoms with van der Waals surface area (Å²) in [4.78, 5) is 9.67. The average molecular weight is 277 g/mol. The third-order valence-electron chi connectivity index (χ3n) is 3.74. The van der Waals surface area contributed by atoms with Gasteiger partial charge >= 0.3 is 0 Å². The van der Waals surface area contributed by atoms with E-state index in [0.717, 1.165) is 25.3 Å². The molecule has 2 rings (SSSR count). The summed E-state index contributed by atoms with van der Waals surface area (Å²) in [6, 6.07) is 0. The zero-order chi connectivity index (χ0) is 14.7. The molecule has 0 spiro atoms. The first-order valence-corrected chi connectivity index (χ1v) is 7.76. The van der Waals surface area contributed by atoms with E-state index >= 15 is 0 Å². The maximum Gasteiger partial charge on any atom is 0.157 e. The Morgan fingerprint density at radius 3 is 2.55 bits per heavy atom. The standard InChI is InChI=1S/C16H27N3O/c1-6-20-15(11(4)5)16-18-13-7-8-17-9-12(13)14(19-16)10(2)3/h10-11,15,17H,6-9H2,1-5H3. The summed E-state index contributed by atoms with van der Waals surface area (Å²) in [5.41, 5.74) is 3.69. The van der Waals surface area contributed by atoms with Gasteiger partial charge in [-0.25, -0.2) is 9.97 Å². The molecule has 4 nitrogen and oxygen atoms in total. The zero-order valence-electron chi connectivity index (χ0n) is 13.4. The Morgan fingerprint density at radius 1 is 1.20 bits per heavy atom. The van der Waals surface area contributed by atoms with Gasteiger partial charge in [-0.3, -0.25) is 0 Å². The number of nitrogens with one attached hydrogen (secondary N) is 1. The number of nitrogens with zero attached hydrogens (tertiary/aromatic N) is 2. The van der Waals surface area contributed by atoms with Crippen molar-refractivity contribution in [2.45, 2.75) is 59.6 Å². The van der Waals surface area contributed by atoms with E-state index < -0.39 is 0 Å². The van der Waals surface area contributed by atoms with Crippen molar-refractivity contribution in [1.82, 2.24) is 15.3 Å². The lowest BCUT2D eigenvalue weighted by molar-refractivity contribution is 0.0228. The van der Waals surface area contributed by atoms with E-state index in [1.165, 1.54) is 17.0 Å². The molecule has 0 radical (unpaired) electrons. The van der Waals surface area contributed by atoms with Gasteiger partial charge in [0.25, 0.3) is 0 Å². The van der Waals surface area contributed by atoms with Crippen LogP contribution in [0.4, 0.5) is 0 Å². The highest BCUT2D eigenvalue weighted by Crippen LogP contribution is 2.28. The van der Waals surface area contributed by atoms with Crippen molar-refractivity contribution in [3.8, 4) is 0 Å². The lowest BCUT2D eigenvalue weighted by Gasteiger charge is -2.25. The van der Waals surface area contributed by atoms with Crippen LogP contribution in [0.5, 0.6) is 0 Å². The molecule has 112 valence electrons. The Morgan fingerprint density at radius 2 is 1.95 bits per heavy atom. The van der Waals surface area contributed by atoms with Gasteiger partial charge in [0.15, 0.2) is 5.82 Å². The largest absolute Gasteiger partial charge is 0.370 e. The minimum atomic E-state index is -0.00214. The maximum atomic E-state index is 5.87. The quantitative estimate of drug-likeness (QED) is 0.899. The fraction of sp³-hybridized carbons (Fsp3) is 0.750. The predicted molar refractivity (Wildman–Crippen MR) is 80.7 cm³/mol. The van der Waals surface area contributed by atoms with Crippen molar-refractivity contribution in [2.24, 2.45) is 5.92 Å². The Labute approximate surface area is 122 Å². The van der Waals surface area contributed by atoms with Gasteiger partial charge < -0.3 is 10.1 Å². The summed E-state index contributed by atoms with van der Waals surface area (Å²) in [7, 11) is 0. The van der Waals surface area contributed by atoms with E-state index in [4.69, 9.17) is 14.7 Å². The van der Waals surface area contributed by atoms with Crippen LogP contribution in [0.15, 0.2) is 0 Å². The highest BCUT2D eigenvalue weighted by atomic mass is 16.5. The van der Waals surface area contributed by atoms with Gasteiger partial charge in [-0.2, -0.15) is 0 Å². The van der Waals surface area contributed by atoms with Crippen LogP contribution in [0.25, 0.3) is 0 Å². The van der Waals surface area contributed by atoms with Gasteiger partial charge in [0, 0.05) is 31.7 Å². The minimum Gasteiger partial charge on any atom is -0.370 e. The second kappa shape index (κ2) is 6.64. The minimum absolute atomic E-state index is 0.00214. The molecule has 20 heavy (non-hydrogen) atoms. The summed E-state index contributed by atoms with van der Waals surface area (Å²) < 4.78 is 5.87. The molecule has 1 N–H and O–H groups in total. The topological polar surface area (TPSA) is 47.0 Å². The molecule has 1 aliphatic rings. The molecule has 2 heterocycles. The zero-order valence-corrected chi connectivity index (χ0v) is 13.4. The van der Waals surface area contributed by atoms with Gasteiger partial charge in [0.05, 0.1) is 11.4 Å². The first kappa shape index (κ1) is 15.4. The summed E-state index contributed by atoms with van der Waals surface area (Å²) in [5.74, 6) is 1.67. The Kier molecular flexibility index (Phi) is 5.11. The monoisotopic (exact) mass is 277 g/mol. The molecule has 1 unspecified atom stereocenters. The maximum absolute atomic E-state index is 5.87. The number of hydrogen-bond donors (Lipinski definition) is 1. The molecule has 0 saturated heterocycles. The van der Waals surface area contributed by atoms with Crippen LogP contribution in [-0.2, 0) is 17.7 Å². The molecular formula is C16H27N3O. The molecule has 0 saturated carbocycles. The first-order valence-electron chi connectivity index (χ1n) is 7.76. The highest BCUT2D eigenvalue weighted by Gasteiger charge is 2.25. The van der Waals surface area contributed by atoms with Gasteiger partial charge in [-0.1, -0.05) is 27.7 Å². The van der Waals surface area contributed by atoms with Gasteiger partial charge in [-0.15, -0.1) is 0 Å². The van der Waals surface area contributed by atoms with E-state index in [1.807, 2.05) is 6.92 Å². The third kappa shape index (κ3) is 3.18. The van der Waals surface area contributed by atoms with Crippen molar-refractivity contribution in [3.63, 3.8) is 0 Å². The summed E-state index contributed by atoms with van der Waals surface area (Å²) in [5, 5.41) is 3.42. The van der Waals surface area contributed by atoms with E-state index in [1.54, 1.807) is 0 Å². The smallest absolute Gasteiger partial charge is 0.157 e. The third-order valence-corrected chi connectivity index (χ3v) is 3.74. The van der Waals surface area contributed by atoms with Crippen LogP contribution in [0.3, 0.4) is 0 Å². The normalized spacial score (nSPS) is 16.6. The average Bonchev–Trinajstić information content (AvgIpc) is 2.43. The molecule has 0 fully saturated rings. The van der Waals surface area contributed by atoms with Gasteiger partial charge in [0.1, 0.15) is 6.10 Å². The van der Waals surface area contributed by atoms with Crippen molar-refractivity contribution in [3.05, 3.63) is 22.8 Å². The van der Waals surface area contributed by atoms with Crippen molar-refractivity contribution in [2.75, 3.05) is 13.2 Å². The van der Waals surface area contributed by atoms with Crippen molar-refractivity contribution in [1.29, 1.82) is 0 Å². The number of aromatic nitrogens is 2. The first-order chi connectivity index (χ1) is 9.54. The number of fused-ring (bicyclic) bond motifs is 1. The van der Waals surface area contributed by atoms with Crippen LogP contribution >= 0.6 is 0 Å². The molecule has 0 aromatic carbocycles.